The molecule has 3 aromatic rings. The van der Waals surface area contributed by atoms with Crippen LogP contribution in [0.5, 0.6) is 0 Å². The summed E-state index contributed by atoms with van der Waals surface area (Å²) in [5.41, 5.74) is 3.16. The van der Waals surface area contributed by atoms with Gasteiger partial charge in [-0.25, -0.2) is 4.79 Å². The Hall–Kier alpha value is -3.12. The van der Waals surface area contributed by atoms with Crippen molar-refractivity contribution in [1.29, 1.82) is 0 Å². The molecular formula is C21H23N2O4+. The third-order valence-corrected chi connectivity index (χ3v) is 4.65. The highest BCUT2D eigenvalue weighted by molar-refractivity contribution is 6.01. The van der Waals surface area contributed by atoms with Crippen molar-refractivity contribution in [2.45, 2.75) is 19.9 Å². The minimum absolute atomic E-state index is 0.0850. The first-order valence-electron chi connectivity index (χ1n) is 8.75. The molecule has 0 bridgehead atoms. The quantitative estimate of drug-likeness (QED) is 0.496. The molecule has 0 radical (unpaired) electrons. The lowest BCUT2D eigenvalue weighted by molar-refractivity contribution is -0.677. The number of furan rings is 1. The molecule has 0 saturated heterocycles. The second kappa shape index (κ2) is 8.05. The number of methoxy groups -OCH3 is 1. The van der Waals surface area contributed by atoms with E-state index < -0.39 is 5.97 Å². The Kier molecular flexibility index (Phi) is 5.57. The van der Waals surface area contributed by atoms with Gasteiger partial charge in [0.05, 0.1) is 24.6 Å². The van der Waals surface area contributed by atoms with E-state index in [1.807, 2.05) is 47.8 Å². The molecule has 0 aliphatic heterocycles. The number of ketones is 1. The van der Waals surface area contributed by atoms with Crippen LogP contribution in [0.1, 0.15) is 49.5 Å². The molecule has 0 aliphatic rings. The summed E-state index contributed by atoms with van der Waals surface area (Å²) in [6.45, 7) is 3.72. The summed E-state index contributed by atoms with van der Waals surface area (Å²) >= 11 is 0. The van der Waals surface area contributed by atoms with Gasteiger partial charge in [-0.15, -0.1) is 0 Å². The minimum Gasteiger partial charge on any atom is -0.465 e. The number of aromatic nitrogens is 1. The average Bonchev–Trinajstić information content (AvgIpc) is 3.30. The zero-order valence-electron chi connectivity index (χ0n) is 15.6. The molecular weight excluding hydrogens is 344 g/mol. The van der Waals surface area contributed by atoms with Gasteiger partial charge >= 0.3 is 5.97 Å². The average molecular weight is 367 g/mol. The number of carbonyl (C=O) groups excluding carboxylic acids is 2. The van der Waals surface area contributed by atoms with Crippen molar-refractivity contribution in [3.05, 3.63) is 82.6 Å². The van der Waals surface area contributed by atoms with Gasteiger partial charge in [0, 0.05) is 11.3 Å². The van der Waals surface area contributed by atoms with Crippen LogP contribution in [0.4, 0.5) is 0 Å². The lowest BCUT2D eigenvalue weighted by Crippen LogP contribution is -2.87. The third kappa shape index (κ3) is 3.85. The maximum absolute atomic E-state index is 12.8. The number of quaternary nitrogens is 1. The van der Waals surface area contributed by atoms with Gasteiger partial charge in [0.15, 0.2) is 11.8 Å². The Bertz CT molecular complexity index is 927. The Morgan fingerprint density at radius 1 is 1.15 bits per heavy atom. The Balaban J connectivity index is 1.80. The monoisotopic (exact) mass is 367 g/mol. The fourth-order valence-corrected chi connectivity index (χ4v) is 3.31. The number of aromatic amines is 1. The van der Waals surface area contributed by atoms with Gasteiger partial charge in [0.2, 0.25) is 5.78 Å². The third-order valence-electron chi connectivity index (χ3n) is 4.65. The summed E-state index contributed by atoms with van der Waals surface area (Å²) in [7, 11) is 1.33. The SMILES string of the molecule is COC(=O)c1c(C)[nH]c(C(=O)C[NH2+][C@@H](c2ccccc2)c2ccco2)c1C. The van der Waals surface area contributed by atoms with Crippen LogP contribution in [0.25, 0.3) is 0 Å². The lowest BCUT2D eigenvalue weighted by Gasteiger charge is -2.13. The Morgan fingerprint density at radius 3 is 2.52 bits per heavy atom. The fraction of sp³-hybridized carbons (Fsp3) is 0.238. The van der Waals surface area contributed by atoms with E-state index in [1.165, 1.54) is 7.11 Å². The molecule has 0 unspecified atom stereocenters. The molecule has 0 saturated carbocycles. The summed E-state index contributed by atoms with van der Waals surface area (Å²) in [6, 6.07) is 13.5. The van der Waals surface area contributed by atoms with Crippen molar-refractivity contribution in [1.82, 2.24) is 4.98 Å². The highest BCUT2D eigenvalue weighted by atomic mass is 16.5. The molecule has 6 nitrogen and oxygen atoms in total. The van der Waals surface area contributed by atoms with Crippen LogP contribution in [-0.2, 0) is 4.74 Å². The van der Waals surface area contributed by atoms with Gasteiger partial charge in [-0.2, -0.15) is 0 Å². The molecule has 3 rings (SSSR count). The van der Waals surface area contributed by atoms with Crippen molar-refractivity contribution in [3.8, 4) is 0 Å². The maximum atomic E-state index is 12.8. The van der Waals surface area contributed by atoms with Gasteiger partial charge in [-0.1, -0.05) is 30.3 Å². The number of nitrogens with two attached hydrogens (primary N) is 1. The molecule has 2 heterocycles. The van der Waals surface area contributed by atoms with E-state index in [4.69, 9.17) is 9.15 Å². The maximum Gasteiger partial charge on any atom is 0.339 e. The summed E-state index contributed by atoms with van der Waals surface area (Å²) in [5, 5.41) is 1.93. The first-order chi connectivity index (χ1) is 13.0. The van der Waals surface area contributed by atoms with Gasteiger partial charge in [-0.3, -0.25) is 4.79 Å². The van der Waals surface area contributed by atoms with Gasteiger partial charge in [0.1, 0.15) is 6.54 Å². The standard InChI is InChI=1S/C21H22N2O4/c1-13-18(21(25)26-3)14(2)23-19(13)16(24)12-22-20(17-10-7-11-27-17)15-8-5-4-6-9-15/h4-11,20,22-23H,12H2,1-3H3/p+1/t20-/m0/s1. The summed E-state index contributed by atoms with van der Waals surface area (Å²) in [4.78, 5) is 27.8. The molecule has 1 aromatic carbocycles. The number of Topliss-reactive ketones (excluding diaryl/α,β-unsaturated/α-hetero) is 1. The Morgan fingerprint density at radius 2 is 1.89 bits per heavy atom. The van der Waals surface area contributed by atoms with Crippen LogP contribution < -0.4 is 5.32 Å². The summed E-state index contributed by atoms with van der Waals surface area (Å²) in [6.07, 6.45) is 1.63. The number of nitrogens with one attached hydrogen (secondary N) is 1. The van der Waals surface area contributed by atoms with E-state index >= 15 is 0 Å². The molecule has 2 aromatic heterocycles. The van der Waals surface area contributed by atoms with Crippen molar-refractivity contribution >= 4 is 11.8 Å². The van der Waals surface area contributed by atoms with E-state index in [0.29, 0.717) is 22.5 Å². The Labute approximate surface area is 157 Å². The number of H-pyrrole nitrogens is 1. The molecule has 0 fully saturated rings. The molecule has 0 aliphatic carbocycles. The highest BCUT2D eigenvalue weighted by Gasteiger charge is 2.26. The molecule has 1 atom stereocenters. The second-order valence-corrected chi connectivity index (χ2v) is 6.38. The minimum atomic E-state index is -0.443. The number of hydrogen-bond acceptors (Lipinski definition) is 4. The van der Waals surface area contributed by atoms with Gasteiger partial charge in [0.25, 0.3) is 0 Å². The number of ether oxygens (including phenoxy) is 1. The fourth-order valence-electron chi connectivity index (χ4n) is 3.31. The van der Waals surface area contributed by atoms with E-state index in [2.05, 4.69) is 4.98 Å². The topological polar surface area (TPSA) is 88.9 Å². The van der Waals surface area contributed by atoms with E-state index in [0.717, 1.165) is 11.3 Å². The van der Waals surface area contributed by atoms with Crippen LogP contribution in [-0.4, -0.2) is 30.4 Å². The first-order valence-corrected chi connectivity index (χ1v) is 8.75. The van der Waals surface area contributed by atoms with Crippen LogP contribution in [0, 0.1) is 13.8 Å². The number of hydrogen-bond donors (Lipinski definition) is 2. The van der Waals surface area contributed by atoms with Crippen LogP contribution in [0.15, 0.2) is 53.1 Å². The number of carbonyl (C=O) groups is 2. The number of benzene rings is 1. The van der Waals surface area contributed by atoms with E-state index in [9.17, 15) is 9.59 Å². The van der Waals surface area contributed by atoms with Crippen LogP contribution in [0.3, 0.4) is 0 Å². The number of rotatable bonds is 7. The summed E-state index contributed by atoms with van der Waals surface area (Å²) < 4.78 is 10.4. The van der Waals surface area contributed by atoms with E-state index in [-0.39, 0.29) is 18.4 Å². The van der Waals surface area contributed by atoms with Crippen molar-refractivity contribution in [3.63, 3.8) is 0 Å². The molecule has 3 N–H and O–H groups in total. The molecule has 0 amide bonds. The van der Waals surface area contributed by atoms with Gasteiger partial charge in [-0.05, 0) is 31.5 Å². The zero-order chi connectivity index (χ0) is 19.4. The highest BCUT2D eigenvalue weighted by Crippen LogP contribution is 2.20. The first kappa shape index (κ1) is 18.7. The molecule has 140 valence electrons. The normalized spacial score (nSPS) is 12.0. The zero-order valence-corrected chi connectivity index (χ0v) is 15.6. The lowest BCUT2D eigenvalue weighted by atomic mass is 10.0. The molecule has 6 heteroatoms. The van der Waals surface area contributed by atoms with Gasteiger partial charge < -0.3 is 19.5 Å². The molecule has 27 heavy (non-hydrogen) atoms. The van der Waals surface area contributed by atoms with Crippen molar-refractivity contribution in [2.24, 2.45) is 0 Å². The van der Waals surface area contributed by atoms with E-state index in [1.54, 1.807) is 20.1 Å². The number of esters is 1. The largest absolute Gasteiger partial charge is 0.465 e. The predicted octanol–water partition coefficient (Wildman–Crippen LogP) is 2.55. The van der Waals surface area contributed by atoms with Crippen molar-refractivity contribution < 1.29 is 24.1 Å². The second-order valence-electron chi connectivity index (χ2n) is 6.38. The van der Waals surface area contributed by atoms with Crippen LogP contribution >= 0.6 is 0 Å². The number of aryl methyl sites for hydroxylation is 1. The summed E-state index contributed by atoms with van der Waals surface area (Å²) in [5.74, 6) is 0.254. The predicted molar refractivity (Wildman–Crippen MR) is 99.7 cm³/mol. The van der Waals surface area contributed by atoms with Crippen LogP contribution in [0.2, 0.25) is 0 Å². The van der Waals surface area contributed by atoms with Crippen molar-refractivity contribution in [2.75, 3.05) is 13.7 Å². The molecule has 0 spiro atoms. The smallest absolute Gasteiger partial charge is 0.339 e.